The highest BCUT2D eigenvalue weighted by atomic mass is 32.1. The minimum atomic E-state index is -0.652. The third-order valence-electron chi connectivity index (χ3n) is 3.95. The molecule has 7 heteroatoms. The first-order valence-electron chi connectivity index (χ1n) is 6.55. The van der Waals surface area contributed by atoms with Crippen LogP contribution in [0.1, 0.15) is 19.5 Å². The average Bonchev–Trinajstić information content (AvgIpc) is 2.96. The fourth-order valence-corrected chi connectivity index (χ4v) is 3.50. The van der Waals surface area contributed by atoms with E-state index in [-0.39, 0.29) is 12.5 Å². The predicted octanol–water partition coefficient (Wildman–Crippen LogP) is 0.945. The van der Waals surface area contributed by atoms with E-state index in [0.717, 1.165) is 10.7 Å². The van der Waals surface area contributed by atoms with Crippen molar-refractivity contribution in [2.75, 3.05) is 25.0 Å². The van der Waals surface area contributed by atoms with Crippen LogP contribution in [0.2, 0.25) is 0 Å². The molecule has 108 valence electrons. The van der Waals surface area contributed by atoms with Gasteiger partial charge in [-0.2, -0.15) is 0 Å². The van der Waals surface area contributed by atoms with Gasteiger partial charge in [-0.1, -0.05) is 0 Å². The average molecular weight is 294 g/mol. The standard InChI is InChI=1S/C13H18N4O2S/c1-13(2)11(19)15(3)4-5-17(13)10-9(8-18)16-6-7-20-12(16)14-10/h6-7,18H,4-5,8H2,1-3H3. The van der Waals surface area contributed by atoms with Gasteiger partial charge in [-0.15, -0.1) is 11.3 Å². The molecule has 1 aliphatic heterocycles. The monoisotopic (exact) mass is 294 g/mol. The van der Waals surface area contributed by atoms with E-state index in [1.165, 1.54) is 11.3 Å². The first-order valence-corrected chi connectivity index (χ1v) is 7.43. The molecule has 3 heterocycles. The molecule has 1 fully saturated rings. The number of amides is 1. The maximum absolute atomic E-state index is 12.4. The number of piperazine rings is 1. The van der Waals surface area contributed by atoms with Gasteiger partial charge in [-0.05, 0) is 13.8 Å². The summed E-state index contributed by atoms with van der Waals surface area (Å²) < 4.78 is 1.89. The summed E-state index contributed by atoms with van der Waals surface area (Å²) in [7, 11) is 1.82. The van der Waals surface area contributed by atoms with Crippen molar-refractivity contribution in [1.29, 1.82) is 0 Å². The van der Waals surface area contributed by atoms with E-state index in [0.29, 0.717) is 18.9 Å². The number of fused-ring (bicyclic) bond motifs is 1. The number of likely N-dealkylation sites (N-methyl/N-ethyl adjacent to an activating group) is 1. The van der Waals surface area contributed by atoms with Crippen molar-refractivity contribution in [2.24, 2.45) is 0 Å². The number of anilines is 1. The number of carbonyl (C=O) groups is 1. The number of thiazole rings is 1. The van der Waals surface area contributed by atoms with E-state index in [1.54, 1.807) is 4.90 Å². The van der Waals surface area contributed by atoms with Crippen LogP contribution in [0.3, 0.4) is 0 Å². The molecule has 0 aliphatic carbocycles. The van der Waals surface area contributed by atoms with E-state index in [9.17, 15) is 9.90 Å². The van der Waals surface area contributed by atoms with Crippen LogP contribution < -0.4 is 4.90 Å². The number of nitrogens with zero attached hydrogens (tertiary/aromatic N) is 4. The molecular formula is C13H18N4O2S. The topological polar surface area (TPSA) is 61.1 Å². The SMILES string of the molecule is CN1CCN(c2nc3sccn3c2CO)C(C)(C)C1=O. The van der Waals surface area contributed by atoms with Crippen molar-refractivity contribution in [3.63, 3.8) is 0 Å². The van der Waals surface area contributed by atoms with E-state index in [2.05, 4.69) is 4.98 Å². The van der Waals surface area contributed by atoms with Crippen molar-refractivity contribution >= 4 is 28.0 Å². The summed E-state index contributed by atoms with van der Waals surface area (Å²) in [6.07, 6.45) is 1.90. The Hall–Kier alpha value is -1.60. The second kappa shape index (κ2) is 4.46. The predicted molar refractivity (Wildman–Crippen MR) is 78.1 cm³/mol. The largest absolute Gasteiger partial charge is 0.390 e. The number of rotatable bonds is 2. The fraction of sp³-hybridized carbons (Fsp3) is 0.538. The first-order chi connectivity index (χ1) is 9.46. The van der Waals surface area contributed by atoms with Crippen LogP contribution in [0.15, 0.2) is 11.6 Å². The zero-order valence-electron chi connectivity index (χ0n) is 11.8. The van der Waals surface area contributed by atoms with Crippen molar-refractivity contribution in [3.05, 3.63) is 17.3 Å². The summed E-state index contributed by atoms with van der Waals surface area (Å²) in [5.74, 6) is 0.787. The minimum absolute atomic E-state index is 0.0731. The third-order valence-corrected chi connectivity index (χ3v) is 4.71. The Bertz CT molecular complexity index is 660. The molecule has 1 saturated heterocycles. The quantitative estimate of drug-likeness (QED) is 0.895. The molecule has 6 nitrogen and oxygen atoms in total. The highest BCUT2D eigenvalue weighted by Crippen LogP contribution is 2.32. The Morgan fingerprint density at radius 2 is 2.20 bits per heavy atom. The Morgan fingerprint density at radius 1 is 1.45 bits per heavy atom. The van der Waals surface area contributed by atoms with E-state index < -0.39 is 5.54 Å². The van der Waals surface area contributed by atoms with Gasteiger partial charge in [0, 0.05) is 31.7 Å². The number of aromatic nitrogens is 2. The third kappa shape index (κ3) is 1.73. The number of aliphatic hydroxyl groups excluding tert-OH is 1. The summed E-state index contributed by atoms with van der Waals surface area (Å²) in [5, 5.41) is 11.6. The summed E-state index contributed by atoms with van der Waals surface area (Å²) in [6.45, 7) is 5.09. The van der Waals surface area contributed by atoms with Crippen LogP contribution in [0.4, 0.5) is 5.82 Å². The number of hydrogen-bond donors (Lipinski definition) is 1. The highest BCUT2D eigenvalue weighted by molar-refractivity contribution is 7.15. The first kappa shape index (κ1) is 13.4. The Balaban J connectivity index is 2.10. The van der Waals surface area contributed by atoms with Gasteiger partial charge in [0.05, 0.1) is 12.3 Å². The zero-order chi connectivity index (χ0) is 14.5. The highest BCUT2D eigenvalue weighted by Gasteiger charge is 2.42. The molecule has 1 amide bonds. The lowest BCUT2D eigenvalue weighted by Crippen LogP contribution is -2.62. The summed E-state index contributed by atoms with van der Waals surface area (Å²) in [5.41, 5.74) is 0.0905. The summed E-state index contributed by atoms with van der Waals surface area (Å²) in [4.78, 5) is 21.6. The number of imidazole rings is 1. The van der Waals surface area contributed by atoms with Crippen LogP contribution in [-0.2, 0) is 11.4 Å². The van der Waals surface area contributed by atoms with E-state index in [1.807, 2.05) is 41.8 Å². The zero-order valence-corrected chi connectivity index (χ0v) is 12.6. The molecule has 2 aromatic rings. The van der Waals surface area contributed by atoms with Crippen LogP contribution in [0.25, 0.3) is 4.96 Å². The Morgan fingerprint density at radius 3 is 2.90 bits per heavy atom. The number of hydrogen-bond acceptors (Lipinski definition) is 5. The van der Waals surface area contributed by atoms with Crippen molar-refractivity contribution in [1.82, 2.24) is 14.3 Å². The van der Waals surface area contributed by atoms with Crippen molar-refractivity contribution in [2.45, 2.75) is 26.0 Å². The molecule has 0 saturated carbocycles. The lowest BCUT2D eigenvalue weighted by Gasteiger charge is -2.45. The van der Waals surface area contributed by atoms with Crippen LogP contribution in [0.5, 0.6) is 0 Å². The molecule has 20 heavy (non-hydrogen) atoms. The number of aliphatic hydroxyl groups is 1. The van der Waals surface area contributed by atoms with Crippen LogP contribution in [0, 0.1) is 0 Å². The van der Waals surface area contributed by atoms with Gasteiger partial charge in [0.2, 0.25) is 5.91 Å². The van der Waals surface area contributed by atoms with Gasteiger partial charge in [0.25, 0.3) is 0 Å². The molecular weight excluding hydrogens is 276 g/mol. The molecule has 0 bridgehead atoms. The van der Waals surface area contributed by atoms with Crippen molar-refractivity contribution < 1.29 is 9.90 Å². The van der Waals surface area contributed by atoms with Gasteiger partial charge in [0.1, 0.15) is 5.54 Å². The van der Waals surface area contributed by atoms with Gasteiger partial charge >= 0.3 is 0 Å². The molecule has 2 aromatic heterocycles. The molecule has 0 radical (unpaired) electrons. The van der Waals surface area contributed by atoms with Gasteiger partial charge in [-0.25, -0.2) is 4.98 Å². The minimum Gasteiger partial charge on any atom is -0.390 e. The molecule has 0 unspecified atom stereocenters. The van der Waals surface area contributed by atoms with Crippen molar-refractivity contribution in [3.8, 4) is 0 Å². The van der Waals surface area contributed by atoms with Gasteiger partial charge < -0.3 is 14.9 Å². The number of carbonyl (C=O) groups excluding carboxylic acids is 1. The smallest absolute Gasteiger partial charge is 0.247 e. The fourth-order valence-electron chi connectivity index (χ4n) is 2.77. The molecule has 1 N–H and O–H groups in total. The van der Waals surface area contributed by atoms with E-state index >= 15 is 0 Å². The molecule has 0 atom stereocenters. The van der Waals surface area contributed by atoms with E-state index in [4.69, 9.17) is 0 Å². The maximum Gasteiger partial charge on any atom is 0.247 e. The molecule has 0 spiro atoms. The molecule has 1 aliphatic rings. The van der Waals surface area contributed by atoms with Gasteiger partial charge in [0.15, 0.2) is 10.8 Å². The Labute approximate surface area is 121 Å². The maximum atomic E-state index is 12.4. The normalized spacial score (nSPS) is 19.1. The molecule has 3 rings (SSSR count). The second-order valence-electron chi connectivity index (χ2n) is 5.53. The summed E-state index contributed by atoms with van der Waals surface area (Å²) in [6, 6.07) is 0. The summed E-state index contributed by atoms with van der Waals surface area (Å²) >= 11 is 1.52. The van der Waals surface area contributed by atoms with Crippen LogP contribution >= 0.6 is 11.3 Å². The lowest BCUT2D eigenvalue weighted by atomic mass is 9.97. The van der Waals surface area contributed by atoms with Crippen LogP contribution in [-0.4, -0.2) is 51.0 Å². The molecule has 0 aromatic carbocycles. The Kier molecular flexibility index (Phi) is 2.98. The second-order valence-corrected chi connectivity index (χ2v) is 6.41. The lowest BCUT2D eigenvalue weighted by molar-refractivity contribution is -0.136. The van der Waals surface area contributed by atoms with Gasteiger partial charge in [-0.3, -0.25) is 9.20 Å².